The largest absolute Gasteiger partial charge is 0.491 e. The molecule has 1 aliphatic rings. The fourth-order valence-corrected chi connectivity index (χ4v) is 3.13. The van der Waals surface area contributed by atoms with E-state index in [2.05, 4.69) is 10.6 Å². The van der Waals surface area contributed by atoms with Crippen LogP contribution < -0.4 is 15.4 Å². The van der Waals surface area contributed by atoms with Crippen molar-refractivity contribution >= 4 is 12.0 Å². The lowest BCUT2D eigenvalue weighted by Crippen LogP contribution is -2.56. The number of benzene rings is 1. The summed E-state index contributed by atoms with van der Waals surface area (Å²) in [5, 5.41) is 5.94. The molecule has 1 aromatic rings. The van der Waals surface area contributed by atoms with E-state index >= 15 is 0 Å². The third-order valence-corrected chi connectivity index (χ3v) is 4.54. The Morgan fingerprint density at radius 2 is 1.86 bits per heavy atom. The maximum absolute atomic E-state index is 12.7. The van der Waals surface area contributed by atoms with Crippen LogP contribution in [-0.4, -0.2) is 35.8 Å². The third-order valence-electron chi connectivity index (χ3n) is 4.54. The van der Waals surface area contributed by atoms with Crippen LogP contribution in [0.3, 0.4) is 0 Å². The summed E-state index contributed by atoms with van der Waals surface area (Å²) in [4.78, 5) is 24.7. The van der Waals surface area contributed by atoms with Crippen molar-refractivity contribution in [1.82, 2.24) is 10.6 Å². The second kappa shape index (κ2) is 8.84. The molecule has 1 aromatic carbocycles. The molecule has 28 heavy (non-hydrogen) atoms. The fourth-order valence-electron chi connectivity index (χ4n) is 3.13. The van der Waals surface area contributed by atoms with E-state index in [9.17, 15) is 9.59 Å². The van der Waals surface area contributed by atoms with Crippen LogP contribution >= 0.6 is 0 Å². The average Bonchev–Trinajstić information content (AvgIpc) is 3.36. The maximum atomic E-state index is 12.7. The molecule has 2 rings (SSSR count). The highest BCUT2D eigenvalue weighted by Gasteiger charge is 2.43. The maximum Gasteiger partial charge on any atom is 0.407 e. The van der Waals surface area contributed by atoms with Gasteiger partial charge in [-0.05, 0) is 78.0 Å². The average molecular weight is 391 g/mol. The van der Waals surface area contributed by atoms with Crippen LogP contribution in [0, 0.1) is 5.92 Å². The van der Waals surface area contributed by atoms with Gasteiger partial charge in [-0.3, -0.25) is 4.79 Å². The Balaban J connectivity index is 1.94. The summed E-state index contributed by atoms with van der Waals surface area (Å²) < 4.78 is 11.0. The van der Waals surface area contributed by atoms with E-state index in [1.54, 1.807) is 0 Å². The molecule has 0 saturated heterocycles. The normalized spacial score (nSPS) is 16.2. The molecule has 1 aliphatic carbocycles. The lowest BCUT2D eigenvalue weighted by molar-refractivity contribution is -0.122. The topological polar surface area (TPSA) is 76.7 Å². The van der Waals surface area contributed by atoms with Gasteiger partial charge in [0, 0.05) is 6.54 Å². The number of carbonyl (C=O) groups is 2. The molecule has 1 saturated carbocycles. The van der Waals surface area contributed by atoms with Crippen molar-refractivity contribution in [3.8, 4) is 5.75 Å². The summed E-state index contributed by atoms with van der Waals surface area (Å²) in [5.41, 5.74) is -0.138. The summed E-state index contributed by atoms with van der Waals surface area (Å²) in [7, 11) is 0. The van der Waals surface area contributed by atoms with E-state index in [4.69, 9.17) is 9.47 Å². The van der Waals surface area contributed by atoms with E-state index in [-0.39, 0.29) is 18.4 Å². The Morgan fingerprint density at radius 1 is 1.18 bits per heavy atom. The minimum atomic E-state index is -0.549. The molecular weight excluding hydrogens is 356 g/mol. The van der Waals surface area contributed by atoms with Crippen molar-refractivity contribution in [2.75, 3.05) is 6.54 Å². The second-order valence-corrected chi connectivity index (χ2v) is 9.09. The minimum Gasteiger partial charge on any atom is -0.491 e. The predicted octanol–water partition coefficient (Wildman–Crippen LogP) is 3.83. The highest BCUT2D eigenvalue weighted by molar-refractivity contribution is 5.79. The van der Waals surface area contributed by atoms with Crippen molar-refractivity contribution in [3.63, 3.8) is 0 Å². The molecule has 6 nitrogen and oxygen atoms in total. The second-order valence-electron chi connectivity index (χ2n) is 9.09. The number of rotatable bonds is 8. The van der Waals surface area contributed by atoms with Gasteiger partial charge in [-0.25, -0.2) is 4.79 Å². The Morgan fingerprint density at radius 3 is 2.43 bits per heavy atom. The lowest BCUT2D eigenvalue weighted by Gasteiger charge is -2.32. The van der Waals surface area contributed by atoms with Crippen molar-refractivity contribution in [2.45, 2.75) is 78.0 Å². The Kier molecular flexibility index (Phi) is 6.96. The van der Waals surface area contributed by atoms with E-state index in [1.165, 1.54) is 0 Å². The number of nitrogens with one attached hydrogen (secondary N) is 2. The monoisotopic (exact) mass is 390 g/mol. The zero-order valence-electron chi connectivity index (χ0n) is 17.9. The molecule has 156 valence electrons. The van der Waals surface area contributed by atoms with Gasteiger partial charge in [-0.1, -0.05) is 12.1 Å². The van der Waals surface area contributed by atoms with Gasteiger partial charge in [0.2, 0.25) is 5.91 Å². The first-order valence-corrected chi connectivity index (χ1v) is 10.0. The van der Waals surface area contributed by atoms with E-state index in [0.717, 1.165) is 24.2 Å². The van der Waals surface area contributed by atoms with Crippen LogP contribution in [-0.2, 0) is 16.0 Å². The van der Waals surface area contributed by atoms with E-state index in [0.29, 0.717) is 12.5 Å². The number of carbonyl (C=O) groups excluding carboxylic acids is 2. The summed E-state index contributed by atoms with van der Waals surface area (Å²) in [6.45, 7) is 11.7. The Hall–Kier alpha value is -2.24. The summed E-state index contributed by atoms with van der Waals surface area (Å²) in [5.74, 6) is 1.06. The van der Waals surface area contributed by atoms with Gasteiger partial charge < -0.3 is 20.1 Å². The molecule has 0 bridgehead atoms. The molecule has 1 unspecified atom stereocenters. The first-order valence-electron chi connectivity index (χ1n) is 10.0. The highest BCUT2D eigenvalue weighted by atomic mass is 16.6. The lowest BCUT2D eigenvalue weighted by atomic mass is 9.95. The van der Waals surface area contributed by atoms with Crippen LogP contribution in [0.1, 0.15) is 59.9 Å². The van der Waals surface area contributed by atoms with E-state index < -0.39 is 17.2 Å². The Labute approximate surface area is 168 Å². The molecule has 0 radical (unpaired) electrons. The smallest absolute Gasteiger partial charge is 0.407 e. The number of amides is 2. The summed E-state index contributed by atoms with van der Waals surface area (Å²) in [6, 6.07) is 7.60. The molecule has 6 heteroatoms. The van der Waals surface area contributed by atoms with Crippen molar-refractivity contribution < 1.29 is 19.1 Å². The first-order chi connectivity index (χ1) is 13.0. The summed E-state index contributed by atoms with van der Waals surface area (Å²) >= 11 is 0. The van der Waals surface area contributed by atoms with Gasteiger partial charge in [0.25, 0.3) is 0 Å². The molecule has 1 fully saturated rings. The van der Waals surface area contributed by atoms with Crippen LogP contribution in [0.15, 0.2) is 24.3 Å². The molecule has 2 amide bonds. The highest BCUT2D eigenvalue weighted by Crippen LogP contribution is 2.39. The minimum absolute atomic E-state index is 0.0675. The van der Waals surface area contributed by atoms with Gasteiger partial charge in [0.1, 0.15) is 11.4 Å². The van der Waals surface area contributed by atoms with Crippen LogP contribution in [0.2, 0.25) is 0 Å². The van der Waals surface area contributed by atoms with E-state index in [1.807, 2.05) is 65.8 Å². The van der Waals surface area contributed by atoms with Gasteiger partial charge in [0.05, 0.1) is 18.1 Å². The van der Waals surface area contributed by atoms with Crippen molar-refractivity contribution in [1.29, 1.82) is 0 Å². The summed E-state index contributed by atoms with van der Waals surface area (Å²) in [6.07, 6.45) is 1.98. The molecule has 1 atom stereocenters. The predicted molar refractivity (Wildman–Crippen MR) is 109 cm³/mol. The molecule has 0 aromatic heterocycles. The third kappa shape index (κ3) is 7.41. The molecule has 0 aliphatic heterocycles. The molecular formula is C22H34N2O4. The van der Waals surface area contributed by atoms with Gasteiger partial charge in [-0.2, -0.15) is 0 Å². The van der Waals surface area contributed by atoms with Crippen molar-refractivity contribution in [3.05, 3.63) is 29.8 Å². The number of hydrogen-bond donors (Lipinski definition) is 2. The number of alkyl carbamates (subject to hydrolysis) is 1. The van der Waals surface area contributed by atoms with Crippen molar-refractivity contribution in [2.24, 2.45) is 5.92 Å². The molecule has 0 heterocycles. The standard InChI is InChI=1S/C22H34N2O4/c1-15(2)27-18-9-7-8-16(12-18)13-19(25)24-22(6,17-10-11-17)14-23-20(26)28-21(3,4)5/h7-9,12,15,17H,10-11,13-14H2,1-6H3,(H,23,26)(H,24,25). The number of ether oxygens (including phenoxy) is 2. The quantitative estimate of drug-likeness (QED) is 0.707. The molecule has 0 spiro atoms. The van der Waals surface area contributed by atoms with Gasteiger partial charge in [-0.15, -0.1) is 0 Å². The SMILES string of the molecule is CC(C)Oc1cccc(CC(=O)NC(C)(CNC(=O)OC(C)(C)C)C2CC2)c1. The number of hydrogen-bond acceptors (Lipinski definition) is 4. The van der Waals surface area contributed by atoms with Crippen LogP contribution in [0.5, 0.6) is 5.75 Å². The molecule has 2 N–H and O–H groups in total. The zero-order valence-corrected chi connectivity index (χ0v) is 17.9. The zero-order chi connectivity index (χ0) is 20.9. The van der Waals surface area contributed by atoms with Gasteiger partial charge >= 0.3 is 6.09 Å². The van der Waals surface area contributed by atoms with Crippen LogP contribution in [0.4, 0.5) is 4.79 Å². The fraction of sp³-hybridized carbons (Fsp3) is 0.636. The first kappa shape index (κ1) is 22.1. The van der Waals surface area contributed by atoms with Crippen LogP contribution in [0.25, 0.3) is 0 Å². The Bertz CT molecular complexity index is 692. The van der Waals surface area contributed by atoms with Gasteiger partial charge in [0.15, 0.2) is 0 Å².